The molecule has 0 radical (unpaired) electrons. The third-order valence-corrected chi connectivity index (χ3v) is 3.50. The number of carboxylic acids is 1. The van der Waals surface area contributed by atoms with Gasteiger partial charge in [-0.05, 0) is 34.5 Å². The van der Waals surface area contributed by atoms with E-state index in [9.17, 15) is 4.79 Å². The molecule has 0 aliphatic heterocycles. The SMILES string of the molecule is C=C(CNCCc1ccc(Br)s1)C(=O)O. The van der Waals surface area contributed by atoms with E-state index in [1.165, 1.54) is 4.88 Å². The van der Waals surface area contributed by atoms with Crippen molar-refractivity contribution >= 4 is 33.2 Å². The maximum atomic E-state index is 10.4. The molecular formula is C10H12BrNO2S. The van der Waals surface area contributed by atoms with Crippen molar-refractivity contribution in [1.29, 1.82) is 0 Å². The highest BCUT2D eigenvalue weighted by atomic mass is 79.9. The number of thiophene rings is 1. The monoisotopic (exact) mass is 289 g/mol. The summed E-state index contributed by atoms with van der Waals surface area (Å²) in [4.78, 5) is 11.7. The first-order chi connectivity index (χ1) is 7.09. The molecule has 5 heteroatoms. The van der Waals surface area contributed by atoms with Crippen molar-refractivity contribution in [1.82, 2.24) is 5.32 Å². The second-order valence-corrected chi connectivity index (χ2v) is 5.59. The van der Waals surface area contributed by atoms with Gasteiger partial charge in [-0.3, -0.25) is 0 Å². The van der Waals surface area contributed by atoms with Crippen LogP contribution in [0.15, 0.2) is 28.1 Å². The quantitative estimate of drug-likeness (QED) is 0.624. The number of hydrogen-bond acceptors (Lipinski definition) is 3. The fourth-order valence-electron chi connectivity index (χ4n) is 1.01. The molecular weight excluding hydrogens is 278 g/mol. The Balaban J connectivity index is 2.17. The largest absolute Gasteiger partial charge is 0.478 e. The molecule has 0 unspecified atom stereocenters. The van der Waals surface area contributed by atoms with Gasteiger partial charge in [0, 0.05) is 23.5 Å². The molecule has 0 amide bonds. The van der Waals surface area contributed by atoms with Gasteiger partial charge in [0.05, 0.1) is 3.79 Å². The predicted molar refractivity (Wildman–Crippen MR) is 65.4 cm³/mol. The molecule has 0 atom stereocenters. The maximum Gasteiger partial charge on any atom is 0.332 e. The van der Waals surface area contributed by atoms with Gasteiger partial charge in [0.15, 0.2) is 0 Å². The second-order valence-electron chi connectivity index (χ2n) is 3.04. The van der Waals surface area contributed by atoms with Gasteiger partial charge < -0.3 is 10.4 Å². The number of halogens is 1. The highest BCUT2D eigenvalue weighted by Gasteiger charge is 2.02. The molecule has 1 rings (SSSR count). The van der Waals surface area contributed by atoms with Crippen molar-refractivity contribution in [2.75, 3.05) is 13.1 Å². The Morgan fingerprint density at radius 2 is 2.33 bits per heavy atom. The topological polar surface area (TPSA) is 49.3 Å². The summed E-state index contributed by atoms with van der Waals surface area (Å²) in [6.07, 6.45) is 0.906. The Bertz CT molecular complexity index is 362. The van der Waals surface area contributed by atoms with E-state index in [1.807, 2.05) is 6.07 Å². The molecule has 82 valence electrons. The molecule has 0 aliphatic carbocycles. The van der Waals surface area contributed by atoms with Crippen LogP contribution in [-0.2, 0) is 11.2 Å². The number of rotatable bonds is 6. The van der Waals surface area contributed by atoms with Crippen molar-refractivity contribution < 1.29 is 9.90 Å². The van der Waals surface area contributed by atoms with Crippen LogP contribution in [0.5, 0.6) is 0 Å². The number of carbonyl (C=O) groups is 1. The summed E-state index contributed by atoms with van der Waals surface area (Å²) < 4.78 is 1.12. The van der Waals surface area contributed by atoms with Crippen LogP contribution in [0.25, 0.3) is 0 Å². The van der Waals surface area contributed by atoms with Gasteiger partial charge in [-0.15, -0.1) is 11.3 Å². The predicted octanol–water partition coefficient (Wildman–Crippen LogP) is 2.28. The Morgan fingerprint density at radius 3 is 2.87 bits per heavy atom. The van der Waals surface area contributed by atoms with Gasteiger partial charge in [0.25, 0.3) is 0 Å². The molecule has 1 aromatic heterocycles. The summed E-state index contributed by atoms with van der Waals surface area (Å²) in [6.45, 7) is 4.53. The number of nitrogens with one attached hydrogen (secondary N) is 1. The lowest BCUT2D eigenvalue weighted by Crippen LogP contribution is -2.22. The smallest absolute Gasteiger partial charge is 0.332 e. The Morgan fingerprint density at radius 1 is 1.60 bits per heavy atom. The van der Waals surface area contributed by atoms with Gasteiger partial charge in [-0.2, -0.15) is 0 Å². The fourth-order valence-corrected chi connectivity index (χ4v) is 2.50. The molecule has 0 aliphatic rings. The molecule has 0 spiro atoms. The summed E-state index contributed by atoms with van der Waals surface area (Å²) in [5, 5.41) is 11.6. The fraction of sp³-hybridized carbons (Fsp3) is 0.300. The summed E-state index contributed by atoms with van der Waals surface area (Å²) >= 11 is 5.08. The van der Waals surface area contributed by atoms with Crippen molar-refractivity contribution in [2.24, 2.45) is 0 Å². The number of carboxylic acid groups (broad SMARTS) is 1. The first-order valence-electron chi connectivity index (χ1n) is 4.45. The van der Waals surface area contributed by atoms with Gasteiger partial charge in [-0.1, -0.05) is 6.58 Å². The van der Waals surface area contributed by atoms with Crippen molar-refractivity contribution in [3.63, 3.8) is 0 Å². The lowest BCUT2D eigenvalue weighted by molar-refractivity contribution is -0.132. The van der Waals surface area contributed by atoms with E-state index >= 15 is 0 Å². The summed E-state index contributed by atoms with van der Waals surface area (Å²) in [5.41, 5.74) is 0.197. The summed E-state index contributed by atoms with van der Waals surface area (Å²) in [5.74, 6) is -0.943. The lowest BCUT2D eigenvalue weighted by atomic mass is 10.3. The standard InChI is InChI=1S/C10H12BrNO2S/c1-7(10(13)14)6-12-5-4-8-2-3-9(11)15-8/h2-3,12H,1,4-6H2,(H,13,14). The van der Waals surface area contributed by atoms with Crippen LogP contribution >= 0.6 is 27.3 Å². The third kappa shape index (κ3) is 4.59. The Kier molecular flexibility index (Phi) is 5.01. The molecule has 15 heavy (non-hydrogen) atoms. The van der Waals surface area contributed by atoms with Crippen molar-refractivity contribution in [3.05, 3.63) is 32.9 Å². The van der Waals surface area contributed by atoms with E-state index in [4.69, 9.17) is 5.11 Å². The van der Waals surface area contributed by atoms with Crippen LogP contribution in [0.3, 0.4) is 0 Å². The minimum absolute atomic E-state index is 0.197. The molecule has 0 saturated heterocycles. The highest BCUT2D eigenvalue weighted by molar-refractivity contribution is 9.11. The molecule has 0 aromatic carbocycles. The van der Waals surface area contributed by atoms with Crippen molar-refractivity contribution in [2.45, 2.75) is 6.42 Å². The third-order valence-electron chi connectivity index (χ3n) is 1.82. The van der Waals surface area contributed by atoms with E-state index in [0.29, 0.717) is 6.54 Å². The van der Waals surface area contributed by atoms with E-state index in [-0.39, 0.29) is 5.57 Å². The zero-order valence-electron chi connectivity index (χ0n) is 8.12. The molecule has 0 bridgehead atoms. The molecule has 0 fully saturated rings. The minimum Gasteiger partial charge on any atom is -0.478 e. The van der Waals surface area contributed by atoms with E-state index in [2.05, 4.69) is 33.9 Å². The van der Waals surface area contributed by atoms with Crippen LogP contribution < -0.4 is 5.32 Å². The Hall–Kier alpha value is -0.650. The molecule has 3 nitrogen and oxygen atoms in total. The summed E-state index contributed by atoms with van der Waals surface area (Å²) in [6, 6.07) is 4.07. The molecule has 1 heterocycles. The second kappa shape index (κ2) is 6.05. The number of hydrogen-bond donors (Lipinski definition) is 2. The van der Waals surface area contributed by atoms with E-state index in [1.54, 1.807) is 11.3 Å². The minimum atomic E-state index is -0.943. The normalized spacial score (nSPS) is 10.2. The highest BCUT2D eigenvalue weighted by Crippen LogP contribution is 2.21. The van der Waals surface area contributed by atoms with Crippen molar-refractivity contribution in [3.8, 4) is 0 Å². The van der Waals surface area contributed by atoms with Gasteiger partial charge in [-0.25, -0.2) is 4.79 Å². The van der Waals surface area contributed by atoms with Crippen LogP contribution in [0.1, 0.15) is 4.88 Å². The van der Waals surface area contributed by atoms with E-state index in [0.717, 1.165) is 16.8 Å². The van der Waals surface area contributed by atoms with Crippen LogP contribution in [-0.4, -0.2) is 24.2 Å². The average Bonchev–Trinajstić information content (AvgIpc) is 2.58. The maximum absolute atomic E-state index is 10.4. The number of aliphatic carboxylic acids is 1. The first kappa shape index (κ1) is 12.4. The first-order valence-corrected chi connectivity index (χ1v) is 6.06. The van der Waals surface area contributed by atoms with Crippen LogP contribution in [0.2, 0.25) is 0 Å². The van der Waals surface area contributed by atoms with Crippen LogP contribution in [0.4, 0.5) is 0 Å². The summed E-state index contributed by atoms with van der Waals surface area (Å²) in [7, 11) is 0. The van der Waals surface area contributed by atoms with Gasteiger partial charge >= 0.3 is 5.97 Å². The molecule has 1 aromatic rings. The Labute approximate surface area is 101 Å². The molecule has 0 saturated carbocycles. The average molecular weight is 290 g/mol. The molecule has 2 N–H and O–H groups in total. The van der Waals surface area contributed by atoms with Crippen LogP contribution in [0, 0.1) is 0 Å². The van der Waals surface area contributed by atoms with E-state index < -0.39 is 5.97 Å². The zero-order chi connectivity index (χ0) is 11.3. The zero-order valence-corrected chi connectivity index (χ0v) is 10.5. The lowest BCUT2D eigenvalue weighted by Gasteiger charge is -2.02. The van der Waals surface area contributed by atoms with Gasteiger partial charge in [0.2, 0.25) is 0 Å². The van der Waals surface area contributed by atoms with Gasteiger partial charge in [0.1, 0.15) is 0 Å².